The van der Waals surface area contributed by atoms with Crippen molar-refractivity contribution in [2.75, 3.05) is 0 Å². The van der Waals surface area contributed by atoms with Crippen molar-refractivity contribution in [1.29, 1.82) is 0 Å². The van der Waals surface area contributed by atoms with Gasteiger partial charge in [0.25, 0.3) is 0 Å². The fourth-order valence-corrected chi connectivity index (χ4v) is 1.34. The molecular formula is C10H9FO3S. The number of carbonyl (C=O) groups is 1. The van der Waals surface area contributed by atoms with E-state index in [1.165, 1.54) is 13.0 Å². The summed E-state index contributed by atoms with van der Waals surface area (Å²) in [5.41, 5.74) is 0.914. The SMILES string of the molecule is CC(=O)c1cccc(/C=C/S(=O)(=O)F)c1. The molecule has 0 aliphatic heterocycles. The van der Waals surface area contributed by atoms with Crippen molar-refractivity contribution in [3.8, 4) is 0 Å². The number of benzene rings is 1. The van der Waals surface area contributed by atoms with E-state index in [0.717, 1.165) is 6.08 Å². The zero-order valence-corrected chi connectivity index (χ0v) is 8.79. The maximum Gasteiger partial charge on any atom is 0.325 e. The molecule has 1 aromatic rings. The Balaban J connectivity index is 3.02. The quantitative estimate of drug-likeness (QED) is 0.588. The predicted molar refractivity (Wildman–Crippen MR) is 55.5 cm³/mol. The summed E-state index contributed by atoms with van der Waals surface area (Å²) in [5.74, 6) is -0.131. The highest BCUT2D eigenvalue weighted by molar-refractivity contribution is 7.89. The van der Waals surface area contributed by atoms with Crippen molar-refractivity contribution in [2.24, 2.45) is 0 Å². The first kappa shape index (κ1) is 11.6. The van der Waals surface area contributed by atoms with E-state index in [2.05, 4.69) is 0 Å². The molecule has 0 heterocycles. The van der Waals surface area contributed by atoms with Crippen molar-refractivity contribution in [1.82, 2.24) is 0 Å². The Morgan fingerprint density at radius 1 is 1.40 bits per heavy atom. The van der Waals surface area contributed by atoms with Crippen LogP contribution < -0.4 is 0 Å². The van der Waals surface area contributed by atoms with Crippen molar-refractivity contribution < 1.29 is 17.1 Å². The van der Waals surface area contributed by atoms with Gasteiger partial charge in [-0.3, -0.25) is 4.79 Å². The second kappa shape index (κ2) is 4.35. The van der Waals surface area contributed by atoms with Crippen molar-refractivity contribution in [3.63, 3.8) is 0 Å². The van der Waals surface area contributed by atoms with E-state index >= 15 is 0 Å². The zero-order chi connectivity index (χ0) is 11.5. The van der Waals surface area contributed by atoms with E-state index in [9.17, 15) is 17.1 Å². The molecule has 0 N–H and O–H groups in total. The van der Waals surface area contributed by atoms with E-state index in [-0.39, 0.29) is 5.78 Å². The molecule has 0 radical (unpaired) electrons. The first-order valence-electron chi connectivity index (χ1n) is 4.12. The molecule has 1 aromatic carbocycles. The summed E-state index contributed by atoms with van der Waals surface area (Å²) in [6, 6.07) is 6.27. The molecule has 3 nitrogen and oxygen atoms in total. The molecule has 0 saturated heterocycles. The number of halogens is 1. The molecule has 0 aliphatic carbocycles. The smallest absolute Gasteiger partial charge is 0.295 e. The Bertz CT molecular complexity index is 503. The second-order valence-electron chi connectivity index (χ2n) is 2.96. The highest BCUT2D eigenvalue weighted by Crippen LogP contribution is 2.09. The lowest BCUT2D eigenvalue weighted by molar-refractivity contribution is 0.101. The fraction of sp³-hybridized carbons (Fsp3) is 0.100. The highest BCUT2D eigenvalue weighted by Gasteiger charge is 2.01. The summed E-state index contributed by atoms with van der Waals surface area (Å²) in [7, 11) is -4.62. The summed E-state index contributed by atoms with van der Waals surface area (Å²) in [5, 5.41) is 0.451. The third-order valence-corrected chi connectivity index (χ3v) is 2.18. The van der Waals surface area contributed by atoms with Gasteiger partial charge in [-0.25, -0.2) is 0 Å². The number of hydrogen-bond donors (Lipinski definition) is 0. The van der Waals surface area contributed by atoms with Crippen LogP contribution in [0.3, 0.4) is 0 Å². The van der Waals surface area contributed by atoms with Gasteiger partial charge in [-0.2, -0.15) is 8.42 Å². The van der Waals surface area contributed by atoms with Gasteiger partial charge in [0, 0.05) is 5.56 Å². The number of rotatable bonds is 3. The van der Waals surface area contributed by atoms with E-state index in [1.54, 1.807) is 18.2 Å². The number of carbonyl (C=O) groups excluding carboxylic acids is 1. The highest BCUT2D eigenvalue weighted by atomic mass is 32.3. The first-order valence-corrected chi connectivity index (χ1v) is 5.57. The molecular weight excluding hydrogens is 219 g/mol. The monoisotopic (exact) mass is 228 g/mol. The summed E-state index contributed by atoms with van der Waals surface area (Å²) in [4.78, 5) is 11.0. The van der Waals surface area contributed by atoms with Gasteiger partial charge in [0.1, 0.15) is 0 Å². The summed E-state index contributed by atoms with van der Waals surface area (Å²) in [6.45, 7) is 1.40. The maximum absolute atomic E-state index is 12.2. The molecule has 0 aliphatic rings. The Morgan fingerprint density at radius 3 is 2.60 bits per heavy atom. The van der Waals surface area contributed by atoms with Crippen LogP contribution in [0.1, 0.15) is 22.8 Å². The lowest BCUT2D eigenvalue weighted by Crippen LogP contribution is -1.91. The van der Waals surface area contributed by atoms with Gasteiger partial charge in [0.05, 0.1) is 5.41 Å². The van der Waals surface area contributed by atoms with Crippen LogP contribution in [0.2, 0.25) is 0 Å². The molecule has 0 amide bonds. The maximum atomic E-state index is 12.2. The number of hydrogen-bond acceptors (Lipinski definition) is 3. The average Bonchev–Trinajstić information content (AvgIpc) is 2.14. The van der Waals surface area contributed by atoms with Gasteiger partial charge >= 0.3 is 10.2 Å². The Kier molecular flexibility index (Phi) is 3.36. The fourth-order valence-electron chi connectivity index (χ4n) is 1.02. The number of Topliss-reactive ketones (excluding diaryl/α,β-unsaturated/α-hetero) is 1. The van der Waals surface area contributed by atoms with Crippen molar-refractivity contribution >= 4 is 22.1 Å². The van der Waals surface area contributed by atoms with Gasteiger partial charge < -0.3 is 0 Å². The third kappa shape index (κ3) is 4.03. The van der Waals surface area contributed by atoms with Gasteiger partial charge in [-0.05, 0) is 24.6 Å². The van der Waals surface area contributed by atoms with Gasteiger partial charge in [-0.1, -0.05) is 18.2 Å². The molecule has 0 aromatic heterocycles. The minimum atomic E-state index is -4.62. The largest absolute Gasteiger partial charge is 0.325 e. The standard InChI is InChI=1S/C10H9FO3S/c1-8(12)10-4-2-3-9(7-10)5-6-15(11,13)14/h2-7H,1H3/b6-5+. The molecule has 0 unspecified atom stereocenters. The molecule has 0 saturated carbocycles. The van der Waals surface area contributed by atoms with E-state index in [1.807, 2.05) is 0 Å². The van der Waals surface area contributed by atoms with E-state index in [4.69, 9.17) is 0 Å². The molecule has 0 spiro atoms. The Morgan fingerprint density at radius 2 is 2.07 bits per heavy atom. The Hall–Kier alpha value is -1.49. The van der Waals surface area contributed by atoms with E-state index in [0.29, 0.717) is 16.5 Å². The van der Waals surface area contributed by atoms with Gasteiger partial charge in [0.15, 0.2) is 5.78 Å². The molecule has 80 valence electrons. The summed E-state index contributed by atoms with van der Waals surface area (Å²) < 4.78 is 32.6. The molecule has 1 rings (SSSR count). The Labute approximate surface area is 87.4 Å². The van der Waals surface area contributed by atoms with Gasteiger partial charge in [0.2, 0.25) is 0 Å². The lowest BCUT2D eigenvalue weighted by atomic mass is 10.1. The minimum absolute atomic E-state index is 0.131. The van der Waals surface area contributed by atoms with Crippen LogP contribution in [-0.2, 0) is 10.2 Å². The van der Waals surface area contributed by atoms with Crippen LogP contribution in [0.15, 0.2) is 29.7 Å². The van der Waals surface area contributed by atoms with Crippen molar-refractivity contribution in [2.45, 2.75) is 6.92 Å². The second-order valence-corrected chi connectivity index (χ2v) is 4.18. The number of ketones is 1. The first-order chi connectivity index (χ1) is 6.88. The van der Waals surface area contributed by atoms with Crippen LogP contribution >= 0.6 is 0 Å². The topological polar surface area (TPSA) is 51.2 Å². The van der Waals surface area contributed by atoms with Crippen LogP contribution in [0, 0.1) is 0 Å². The van der Waals surface area contributed by atoms with Crippen LogP contribution in [0.5, 0.6) is 0 Å². The van der Waals surface area contributed by atoms with Crippen LogP contribution in [0.25, 0.3) is 6.08 Å². The minimum Gasteiger partial charge on any atom is -0.295 e. The molecule has 0 bridgehead atoms. The summed E-state index contributed by atoms with van der Waals surface area (Å²) in [6.07, 6.45) is 1.10. The molecule has 0 atom stereocenters. The molecule has 0 fully saturated rings. The predicted octanol–water partition coefficient (Wildman–Crippen LogP) is 2.16. The normalized spacial score (nSPS) is 11.9. The van der Waals surface area contributed by atoms with Crippen LogP contribution in [0.4, 0.5) is 3.89 Å². The van der Waals surface area contributed by atoms with Crippen molar-refractivity contribution in [3.05, 3.63) is 40.8 Å². The summed E-state index contributed by atoms with van der Waals surface area (Å²) >= 11 is 0. The van der Waals surface area contributed by atoms with Crippen LogP contribution in [-0.4, -0.2) is 14.2 Å². The zero-order valence-electron chi connectivity index (χ0n) is 7.98. The van der Waals surface area contributed by atoms with E-state index < -0.39 is 10.2 Å². The molecule has 15 heavy (non-hydrogen) atoms. The average molecular weight is 228 g/mol. The third-order valence-electron chi connectivity index (χ3n) is 1.72. The molecule has 5 heteroatoms. The lowest BCUT2D eigenvalue weighted by Gasteiger charge is -1.96. The van der Waals surface area contributed by atoms with Gasteiger partial charge in [-0.15, -0.1) is 3.89 Å².